The Hall–Kier alpha value is -1.51. The molecule has 0 heterocycles. The molecule has 3 heteroatoms. The first-order valence-corrected chi connectivity index (χ1v) is 5.48. The molecule has 1 aromatic rings. The molecule has 0 aliphatic rings. The third-order valence-corrected chi connectivity index (χ3v) is 2.24. The molecular weight excluding hydrogens is 202 g/mol. The molecule has 0 atom stereocenters. The summed E-state index contributed by atoms with van der Waals surface area (Å²) >= 11 is 0. The second kappa shape index (κ2) is 5.54. The van der Waals surface area contributed by atoms with Crippen molar-refractivity contribution in [2.45, 2.75) is 20.8 Å². The molecule has 0 radical (unpaired) electrons. The van der Waals surface area contributed by atoms with Crippen LogP contribution in [0.15, 0.2) is 24.3 Å². The number of hydrogen-bond donors (Lipinski definition) is 0. The molecular formula is C13H19NO2. The smallest absolute Gasteiger partial charge is 0.414 e. The SMILES string of the molecule is Cc1ccc(N(C)C(=O)OCC(C)C)cc1. The van der Waals surface area contributed by atoms with Gasteiger partial charge in [0.25, 0.3) is 0 Å². The zero-order valence-corrected chi connectivity index (χ0v) is 10.4. The topological polar surface area (TPSA) is 29.5 Å². The third-order valence-electron chi connectivity index (χ3n) is 2.24. The third kappa shape index (κ3) is 3.57. The fourth-order valence-corrected chi connectivity index (χ4v) is 1.21. The van der Waals surface area contributed by atoms with Crippen LogP contribution in [0, 0.1) is 12.8 Å². The van der Waals surface area contributed by atoms with E-state index in [2.05, 4.69) is 0 Å². The van der Waals surface area contributed by atoms with E-state index in [1.165, 1.54) is 10.5 Å². The van der Waals surface area contributed by atoms with Crippen molar-refractivity contribution in [2.75, 3.05) is 18.6 Å². The highest BCUT2D eigenvalue weighted by atomic mass is 16.6. The van der Waals surface area contributed by atoms with Gasteiger partial charge in [-0.15, -0.1) is 0 Å². The van der Waals surface area contributed by atoms with Gasteiger partial charge in [-0.3, -0.25) is 4.90 Å². The molecule has 0 N–H and O–H groups in total. The fraction of sp³-hybridized carbons (Fsp3) is 0.462. The van der Waals surface area contributed by atoms with Crippen LogP contribution in [0.3, 0.4) is 0 Å². The van der Waals surface area contributed by atoms with E-state index in [0.717, 1.165) is 5.69 Å². The Labute approximate surface area is 97.0 Å². The minimum absolute atomic E-state index is 0.308. The first-order valence-electron chi connectivity index (χ1n) is 5.48. The minimum Gasteiger partial charge on any atom is -0.449 e. The van der Waals surface area contributed by atoms with Crippen LogP contribution in [0.5, 0.6) is 0 Å². The lowest BCUT2D eigenvalue weighted by molar-refractivity contribution is 0.141. The first kappa shape index (κ1) is 12.6. The van der Waals surface area contributed by atoms with Crippen molar-refractivity contribution in [3.05, 3.63) is 29.8 Å². The zero-order valence-electron chi connectivity index (χ0n) is 10.4. The van der Waals surface area contributed by atoms with E-state index >= 15 is 0 Å². The number of aryl methyl sites for hydroxylation is 1. The highest BCUT2D eigenvalue weighted by molar-refractivity contribution is 5.86. The predicted octanol–water partition coefficient (Wildman–Crippen LogP) is 3.22. The predicted molar refractivity (Wildman–Crippen MR) is 65.8 cm³/mol. The Kier molecular flexibility index (Phi) is 4.35. The molecule has 0 aliphatic heterocycles. The lowest BCUT2D eigenvalue weighted by Crippen LogP contribution is -2.28. The quantitative estimate of drug-likeness (QED) is 0.784. The van der Waals surface area contributed by atoms with Crippen LogP contribution >= 0.6 is 0 Å². The standard InChI is InChI=1S/C13H19NO2/c1-10(2)9-16-13(15)14(4)12-7-5-11(3)6-8-12/h5-8,10H,9H2,1-4H3. The van der Waals surface area contributed by atoms with Crippen molar-refractivity contribution in [1.29, 1.82) is 0 Å². The molecule has 0 spiro atoms. The van der Waals surface area contributed by atoms with E-state index in [1.54, 1.807) is 7.05 Å². The van der Waals surface area contributed by atoms with Crippen molar-refractivity contribution in [3.8, 4) is 0 Å². The molecule has 0 saturated heterocycles. The molecule has 1 amide bonds. The number of anilines is 1. The van der Waals surface area contributed by atoms with Crippen molar-refractivity contribution >= 4 is 11.8 Å². The number of carbonyl (C=O) groups is 1. The van der Waals surface area contributed by atoms with Crippen LogP contribution in [-0.4, -0.2) is 19.7 Å². The van der Waals surface area contributed by atoms with Crippen molar-refractivity contribution in [2.24, 2.45) is 5.92 Å². The number of nitrogens with zero attached hydrogens (tertiary/aromatic N) is 1. The van der Waals surface area contributed by atoms with E-state index in [4.69, 9.17) is 4.74 Å². The summed E-state index contributed by atoms with van der Waals surface area (Å²) < 4.78 is 5.14. The lowest BCUT2D eigenvalue weighted by atomic mass is 10.2. The molecule has 3 nitrogen and oxygen atoms in total. The summed E-state index contributed by atoms with van der Waals surface area (Å²) in [6, 6.07) is 7.76. The molecule has 0 aliphatic carbocycles. The molecule has 0 bridgehead atoms. The largest absolute Gasteiger partial charge is 0.449 e. The van der Waals surface area contributed by atoms with Crippen molar-refractivity contribution in [3.63, 3.8) is 0 Å². The van der Waals surface area contributed by atoms with Gasteiger partial charge in [0.1, 0.15) is 0 Å². The molecule has 0 aromatic heterocycles. The molecule has 1 aromatic carbocycles. The van der Waals surface area contributed by atoms with E-state index in [1.807, 2.05) is 45.0 Å². The Morgan fingerprint density at radius 2 is 1.88 bits per heavy atom. The molecule has 16 heavy (non-hydrogen) atoms. The number of rotatable bonds is 3. The summed E-state index contributed by atoms with van der Waals surface area (Å²) in [5.74, 6) is 0.357. The molecule has 1 rings (SSSR count). The van der Waals surface area contributed by atoms with Gasteiger partial charge in [0.05, 0.1) is 6.61 Å². The Morgan fingerprint density at radius 3 is 2.38 bits per heavy atom. The van der Waals surface area contributed by atoms with E-state index in [9.17, 15) is 4.79 Å². The summed E-state index contributed by atoms with van der Waals surface area (Å²) in [5, 5.41) is 0. The van der Waals surface area contributed by atoms with Gasteiger partial charge < -0.3 is 4.74 Å². The Morgan fingerprint density at radius 1 is 1.31 bits per heavy atom. The van der Waals surface area contributed by atoms with Crippen LogP contribution in [0.4, 0.5) is 10.5 Å². The minimum atomic E-state index is -0.308. The van der Waals surface area contributed by atoms with E-state index in [-0.39, 0.29) is 6.09 Å². The van der Waals surface area contributed by atoms with Gasteiger partial charge in [0.2, 0.25) is 0 Å². The summed E-state index contributed by atoms with van der Waals surface area (Å²) in [6.07, 6.45) is -0.308. The summed E-state index contributed by atoms with van der Waals surface area (Å²) in [7, 11) is 1.72. The summed E-state index contributed by atoms with van der Waals surface area (Å²) in [5.41, 5.74) is 2.02. The van der Waals surface area contributed by atoms with Crippen molar-refractivity contribution < 1.29 is 9.53 Å². The van der Waals surface area contributed by atoms with Gasteiger partial charge in [0.15, 0.2) is 0 Å². The Balaban J connectivity index is 2.59. The average Bonchev–Trinajstić information content (AvgIpc) is 2.26. The molecule has 0 saturated carbocycles. The summed E-state index contributed by atoms with van der Waals surface area (Å²) in [4.78, 5) is 13.2. The van der Waals surface area contributed by atoms with Gasteiger partial charge >= 0.3 is 6.09 Å². The maximum absolute atomic E-state index is 11.6. The highest BCUT2D eigenvalue weighted by Crippen LogP contribution is 2.14. The normalized spacial score (nSPS) is 10.3. The van der Waals surface area contributed by atoms with Crippen LogP contribution in [0.2, 0.25) is 0 Å². The molecule has 0 unspecified atom stereocenters. The number of carbonyl (C=O) groups excluding carboxylic acids is 1. The van der Waals surface area contributed by atoms with Gasteiger partial charge in [-0.2, -0.15) is 0 Å². The van der Waals surface area contributed by atoms with Gasteiger partial charge in [-0.25, -0.2) is 4.79 Å². The van der Waals surface area contributed by atoms with Crippen molar-refractivity contribution in [1.82, 2.24) is 0 Å². The van der Waals surface area contributed by atoms with Crippen LogP contribution < -0.4 is 4.90 Å². The monoisotopic (exact) mass is 221 g/mol. The number of ether oxygens (including phenoxy) is 1. The number of benzene rings is 1. The highest BCUT2D eigenvalue weighted by Gasteiger charge is 2.12. The maximum Gasteiger partial charge on any atom is 0.414 e. The molecule has 0 fully saturated rings. The second-order valence-electron chi connectivity index (χ2n) is 4.37. The molecule has 88 valence electrons. The zero-order chi connectivity index (χ0) is 12.1. The van der Waals surface area contributed by atoms with Gasteiger partial charge in [0, 0.05) is 12.7 Å². The van der Waals surface area contributed by atoms with Crippen LogP contribution in [0.1, 0.15) is 19.4 Å². The fourth-order valence-electron chi connectivity index (χ4n) is 1.21. The summed E-state index contributed by atoms with van der Waals surface area (Å²) in [6.45, 7) is 6.49. The van der Waals surface area contributed by atoms with Crippen LogP contribution in [-0.2, 0) is 4.74 Å². The van der Waals surface area contributed by atoms with Crippen LogP contribution in [0.25, 0.3) is 0 Å². The first-order chi connectivity index (χ1) is 7.50. The average molecular weight is 221 g/mol. The maximum atomic E-state index is 11.6. The lowest BCUT2D eigenvalue weighted by Gasteiger charge is -2.18. The number of amides is 1. The van der Waals surface area contributed by atoms with Gasteiger partial charge in [-0.1, -0.05) is 31.5 Å². The Bertz CT molecular complexity index is 343. The second-order valence-corrected chi connectivity index (χ2v) is 4.37. The number of hydrogen-bond acceptors (Lipinski definition) is 2. The van der Waals surface area contributed by atoms with E-state index < -0.39 is 0 Å². The van der Waals surface area contributed by atoms with Gasteiger partial charge in [-0.05, 0) is 25.0 Å². The van der Waals surface area contributed by atoms with E-state index in [0.29, 0.717) is 12.5 Å².